The van der Waals surface area contributed by atoms with E-state index >= 15 is 0 Å². The number of carbonyl (C=O) groups excluding carboxylic acids is 1. The molecule has 0 unspecified atom stereocenters. The quantitative estimate of drug-likeness (QED) is 0.546. The number of anilines is 1. The fourth-order valence-corrected chi connectivity index (χ4v) is 2.29. The minimum atomic E-state index is -4.94. The highest BCUT2D eigenvalue weighted by Gasteiger charge is 2.16. The van der Waals surface area contributed by atoms with Gasteiger partial charge in [0.2, 0.25) is 6.54 Å². The number of hydrogen-bond donors (Lipinski definition) is 0. The average molecular weight is 333 g/mol. The number of pyridine rings is 1. The van der Waals surface area contributed by atoms with Gasteiger partial charge in [0, 0.05) is 37.8 Å². The number of nitrogens with zero attached hydrogens (tertiary/aromatic N) is 2. The van der Waals surface area contributed by atoms with Crippen molar-refractivity contribution in [2.24, 2.45) is 5.92 Å². The molecule has 0 radical (unpaired) electrons. The predicted octanol–water partition coefficient (Wildman–Crippen LogP) is -2.96. The fraction of sp³-hybridized carbons (Fsp3) is 0.571. The molecule has 1 saturated heterocycles. The first kappa shape index (κ1) is 18.8. The normalized spacial score (nSPS) is 16.0. The first-order valence-corrected chi connectivity index (χ1v) is 8.24. The van der Waals surface area contributed by atoms with Crippen molar-refractivity contribution in [2.75, 3.05) is 18.0 Å². The SMILES string of the molecule is CC(=O)C[n+]1ccc(N2CCC(C)CC2)cc1.[O-][Cl+3]([O-])([O-])[O-]. The van der Waals surface area contributed by atoms with Crippen LogP contribution in [0.25, 0.3) is 0 Å². The Balaban J connectivity index is 0.000000422. The van der Waals surface area contributed by atoms with Crippen LogP contribution >= 0.6 is 0 Å². The Morgan fingerprint density at radius 3 is 2.09 bits per heavy atom. The van der Waals surface area contributed by atoms with Crippen molar-refractivity contribution in [1.82, 2.24) is 0 Å². The van der Waals surface area contributed by atoms with Crippen molar-refractivity contribution in [1.29, 1.82) is 0 Å². The van der Waals surface area contributed by atoms with E-state index in [-0.39, 0.29) is 5.78 Å². The van der Waals surface area contributed by atoms with Gasteiger partial charge in [0.25, 0.3) is 0 Å². The van der Waals surface area contributed by atoms with Gasteiger partial charge in [-0.3, -0.25) is 4.79 Å². The molecule has 0 N–H and O–H groups in total. The third-order valence-corrected chi connectivity index (χ3v) is 3.43. The summed E-state index contributed by atoms with van der Waals surface area (Å²) in [6.45, 7) is 6.71. The van der Waals surface area contributed by atoms with E-state index in [1.807, 2.05) is 17.0 Å². The minimum Gasteiger partial charge on any atom is -0.371 e. The maximum atomic E-state index is 11.0. The van der Waals surface area contributed by atoms with E-state index in [1.54, 1.807) is 6.92 Å². The molecule has 0 amide bonds. The van der Waals surface area contributed by atoms with E-state index in [4.69, 9.17) is 18.6 Å². The lowest BCUT2D eigenvalue weighted by Crippen LogP contribution is -2.68. The standard InChI is InChI=1S/C14H21N2O.ClHO4/c1-12-3-9-16(10-4-12)14-5-7-15(8-6-14)11-13(2)17;2-1(3,4)5/h5-8,12H,3-4,9-11H2,1-2H3;(H,2,3,4,5)/q+1;/p-1. The molecular formula is C14H21ClN2O5. The third-order valence-electron chi connectivity index (χ3n) is 3.43. The zero-order valence-corrected chi connectivity index (χ0v) is 13.5. The number of hydrogen-bond acceptors (Lipinski definition) is 6. The third kappa shape index (κ3) is 8.26. The number of aromatic nitrogens is 1. The minimum absolute atomic E-state index is 0.189. The van der Waals surface area contributed by atoms with Gasteiger partial charge in [-0.1, -0.05) is 6.92 Å². The molecule has 1 aliphatic rings. The van der Waals surface area contributed by atoms with Crippen molar-refractivity contribution in [2.45, 2.75) is 33.2 Å². The van der Waals surface area contributed by atoms with Crippen LogP contribution in [0.2, 0.25) is 0 Å². The van der Waals surface area contributed by atoms with Gasteiger partial charge in [-0.05, 0) is 18.8 Å². The maximum Gasteiger partial charge on any atom is 0.206 e. The second-order valence-electron chi connectivity index (χ2n) is 5.48. The first-order valence-electron chi connectivity index (χ1n) is 7.00. The van der Waals surface area contributed by atoms with Crippen LogP contribution in [0, 0.1) is 16.2 Å². The molecule has 1 aromatic heterocycles. The Morgan fingerprint density at radius 1 is 1.23 bits per heavy atom. The molecule has 1 fully saturated rings. The Kier molecular flexibility index (Phi) is 7.18. The number of halogens is 1. The predicted molar refractivity (Wildman–Crippen MR) is 67.9 cm³/mol. The molecule has 2 rings (SSSR count). The summed E-state index contributed by atoms with van der Waals surface area (Å²) < 4.78 is 35.9. The van der Waals surface area contributed by atoms with Crippen molar-refractivity contribution < 1.29 is 38.2 Å². The summed E-state index contributed by atoms with van der Waals surface area (Å²) in [6.07, 6.45) is 6.55. The van der Waals surface area contributed by atoms with Crippen LogP contribution < -0.4 is 28.1 Å². The number of rotatable bonds is 3. The Hall–Kier alpha value is -1.25. The molecule has 7 nitrogen and oxygen atoms in total. The number of Topliss-reactive ketones (excluding diaryl/α,β-unsaturated/α-hetero) is 1. The monoisotopic (exact) mass is 332 g/mol. The van der Waals surface area contributed by atoms with Crippen LogP contribution in [0.1, 0.15) is 26.7 Å². The van der Waals surface area contributed by atoms with Crippen LogP contribution in [-0.4, -0.2) is 18.9 Å². The van der Waals surface area contributed by atoms with Crippen LogP contribution in [0.15, 0.2) is 24.5 Å². The fourth-order valence-electron chi connectivity index (χ4n) is 2.29. The molecule has 0 atom stereocenters. The molecule has 22 heavy (non-hydrogen) atoms. The summed E-state index contributed by atoms with van der Waals surface area (Å²) >= 11 is 0. The van der Waals surface area contributed by atoms with E-state index in [9.17, 15) is 4.79 Å². The highest BCUT2D eigenvalue weighted by atomic mass is 35.7. The second-order valence-corrected chi connectivity index (χ2v) is 6.23. The van der Waals surface area contributed by atoms with Gasteiger partial charge in [-0.25, -0.2) is 18.6 Å². The molecule has 0 bridgehead atoms. The Morgan fingerprint density at radius 2 is 1.68 bits per heavy atom. The zero-order chi connectivity index (χ0) is 16.8. The highest BCUT2D eigenvalue weighted by molar-refractivity contribution is 5.73. The van der Waals surface area contributed by atoms with Crippen LogP contribution in [-0.2, 0) is 11.3 Å². The summed E-state index contributed by atoms with van der Waals surface area (Å²) in [6, 6.07) is 4.22. The van der Waals surface area contributed by atoms with Gasteiger partial charge in [-0.15, -0.1) is 10.2 Å². The lowest BCUT2D eigenvalue weighted by molar-refractivity contribution is -2.00. The number of carbonyl (C=O) groups is 1. The molecule has 2 heterocycles. The van der Waals surface area contributed by atoms with Crippen molar-refractivity contribution >= 4 is 11.5 Å². The van der Waals surface area contributed by atoms with Gasteiger partial charge in [0.1, 0.15) is 0 Å². The van der Waals surface area contributed by atoms with Crippen LogP contribution in [0.4, 0.5) is 5.69 Å². The summed E-state index contributed by atoms with van der Waals surface area (Å²) in [5, 5.41) is 0. The van der Waals surface area contributed by atoms with Crippen molar-refractivity contribution in [3.05, 3.63) is 24.5 Å². The molecule has 8 heteroatoms. The van der Waals surface area contributed by atoms with Gasteiger partial charge < -0.3 is 4.90 Å². The van der Waals surface area contributed by atoms with E-state index in [2.05, 4.69) is 24.0 Å². The average Bonchev–Trinajstić information content (AvgIpc) is 2.38. The topological polar surface area (TPSA) is 116 Å². The van der Waals surface area contributed by atoms with Gasteiger partial charge >= 0.3 is 0 Å². The van der Waals surface area contributed by atoms with E-state index in [0.717, 1.165) is 19.0 Å². The molecule has 0 aromatic carbocycles. The highest BCUT2D eigenvalue weighted by Crippen LogP contribution is 2.21. The van der Waals surface area contributed by atoms with Crippen molar-refractivity contribution in [3.63, 3.8) is 0 Å². The van der Waals surface area contributed by atoms with Crippen molar-refractivity contribution in [3.8, 4) is 0 Å². The van der Waals surface area contributed by atoms with Crippen LogP contribution in [0.5, 0.6) is 0 Å². The lowest BCUT2D eigenvalue weighted by atomic mass is 9.99. The van der Waals surface area contributed by atoms with E-state index < -0.39 is 10.2 Å². The lowest BCUT2D eigenvalue weighted by Gasteiger charge is -2.31. The molecule has 0 aliphatic carbocycles. The first-order chi connectivity index (χ1) is 10.1. The Bertz CT molecular complexity index is 461. The zero-order valence-electron chi connectivity index (χ0n) is 12.7. The summed E-state index contributed by atoms with van der Waals surface area (Å²) in [7, 11) is -4.94. The largest absolute Gasteiger partial charge is 0.371 e. The Labute approximate surface area is 132 Å². The van der Waals surface area contributed by atoms with E-state index in [0.29, 0.717) is 6.54 Å². The number of ketones is 1. The molecule has 0 spiro atoms. The smallest absolute Gasteiger partial charge is 0.206 e. The van der Waals surface area contributed by atoms with E-state index in [1.165, 1.54) is 18.5 Å². The van der Waals surface area contributed by atoms with Gasteiger partial charge in [-0.2, -0.15) is 4.57 Å². The number of piperidine rings is 1. The molecule has 0 saturated carbocycles. The summed E-state index contributed by atoms with van der Waals surface area (Å²) in [5.74, 6) is 1.05. The molecule has 1 aliphatic heterocycles. The van der Waals surface area contributed by atoms with Crippen LogP contribution in [0.3, 0.4) is 0 Å². The van der Waals surface area contributed by atoms with Gasteiger partial charge in [0.05, 0.1) is 0 Å². The molecule has 1 aromatic rings. The second kappa shape index (κ2) is 8.40. The maximum absolute atomic E-state index is 11.0. The summed E-state index contributed by atoms with van der Waals surface area (Å²) in [5.41, 5.74) is 1.27. The molecule has 124 valence electrons. The molecular weight excluding hydrogens is 312 g/mol. The summed E-state index contributed by atoms with van der Waals surface area (Å²) in [4.78, 5) is 13.4. The van der Waals surface area contributed by atoms with Gasteiger partial charge in [0.15, 0.2) is 18.2 Å².